The highest BCUT2D eigenvalue weighted by atomic mass is 32.2. The highest BCUT2D eigenvalue weighted by molar-refractivity contribution is 7.83. The van der Waals surface area contributed by atoms with E-state index in [-0.39, 0.29) is 5.78 Å². The van der Waals surface area contributed by atoms with E-state index in [2.05, 4.69) is 10.8 Å². The number of carbonyl (C=O) groups excluding carboxylic acids is 1. The molecule has 0 amide bonds. The average Bonchev–Trinajstić information content (AvgIpc) is 3.66. The zero-order valence-corrected chi connectivity index (χ0v) is 18.7. The molecular weight excluding hydrogens is 422 g/mol. The lowest BCUT2D eigenvalue weighted by molar-refractivity contribution is -0.120. The molecule has 0 saturated heterocycles. The largest absolute Gasteiger partial charge is 0.486 e. The van der Waals surface area contributed by atoms with Crippen molar-refractivity contribution >= 4 is 16.8 Å². The smallest absolute Gasteiger partial charge is 0.161 e. The van der Waals surface area contributed by atoms with Crippen LogP contribution in [0, 0.1) is 0 Å². The van der Waals surface area contributed by atoms with Crippen LogP contribution in [0.15, 0.2) is 71.6 Å². The lowest BCUT2D eigenvalue weighted by Crippen LogP contribution is -2.23. The molecule has 1 N–H and O–H groups in total. The summed E-state index contributed by atoms with van der Waals surface area (Å²) in [7, 11) is 0.468. The molecule has 3 aromatic carbocycles. The normalized spacial score (nSPS) is 16.9. The van der Waals surface area contributed by atoms with Crippen LogP contribution in [0.4, 0.5) is 0 Å². The number of benzene rings is 3. The quantitative estimate of drug-likeness (QED) is 0.589. The molecule has 1 saturated carbocycles. The molecule has 1 aliphatic heterocycles. The van der Waals surface area contributed by atoms with Crippen molar-refractivity contribution in [2.24, 2.45) is 0 Å². The Kier molecular flexibility index (Phi) is 5.57. The molecule has 0 spiro atoms. The molecule has 0 aromatic heterocycles. The van der Waals surface area contributed by atoms with E-state index in [0.29, 0.717) is 19.6 Å². The monoisotopic (exact) mass is 447 g/mol. The van der Waals surface area contributed by atoms with Gasteiger partial charge in [-0.1, -0.05) is 42.5 Å². The first-order chi connectivity index (χ1) is 15.6. The summed E-state index contributed by atoms with van der Waals surface area (Å²) in [5.74, 6) is 1.73. The van der Waals surface area contributed by atoms with Gasteiger partial charge in [-0.05, 0) is 66.4 Å². The van der Waals surface area contributed by atoms with Crippen LogP contribution < -0.4 is 14.2 Å². The molecule has 0 radical (unpaired) electrons. The van der Waals surface area contributed by atoms with Gasteiger partial charge in [0.1, 0.15) is 30.0 Å². The molecule has 3 aromatic rings. The van der Waals surface area contributed by atoms with Crippen molar-refractivity contribution in [2.45, 2.75) is 29.6 Å². The van der Waals surface area contributed by atoms with Gasteiger partial charge in [-0.2, -0.15) is 0 Å². The van der Waals surface area contributed by atoms with Gasteiger partial charge >= 0.3 is 0 Å². The summed E-state index contributed by atoms with van der Waals surface area (Å²) >= 11 is 0. The van der Waals surface area contributed by atoms with Gasteiger partial charge in [0.2, 0.25) is 0 Å². The van der Waals surface area contributed by atoms with E-state index in [9.17, 15) is 9.00 Å². The molecule has 164 valence electrons. The first-order valence-electron chi connectivity index (χ1n) is 10.8. The van der Waals surface area contributed by atoms with Crippen LogP contribution in [0.3, 0.4) is 0 Å². The summed E-state index contributed by atoms with van der Waals surface area (Å²) in [5, 5.41) is 0. The molecule has 1 atom stereocenters. The number of carbonyl (C=O) groups is 1. The lowest BCUT2D eigenvalue weighted by Gasteiger charge is -2.21. The van der Waals surface area contributed by atoms with Gasteiger partial charge in [0.15, 0.2) is 11.5 Å². The van der Waals surface area contributed by atoms with E-state index < -0.39 is 16.4 Å². The summed E-state index contributed by atoms with van der Waals surface area (Å²) in [6, 6.07) is 21.6. The van der Waals surface area contributed by atoms with E-state index in [1.165, 1.54) is 0 Å². The number of hydrogen-bond acceptors (Lipinski definition) is 4. The molecular formula is C26H25NO4S. The van der Waals surface area contributed by atoms with Crippen molar-refractivity contribution < 1.29 is 18.5 Å². The Hall–Kier alpha value is -2.96. The van der Waals surface area contributed by atoms with Crippen LogP contribution >= 0.6 is 0 Å². The fraction of sp³-hybridized carbons (Fsp3) is 0.269. The minimum absolute atomic E-state index is 0.242. The van der Waals surface area contributed by atoms with Crippen molar-refractivity contribution in [3.8, 4) is 22.6 Å². The topological polar surface area (TPSA) is 64.6 Å². The van der Waals surface area contributed by atoms with Gasteiger partial charge in [0.25, 0.3) is 0 Å². The lowest BCUT2D eigenvalue weighted by atomic mass is 9.87. The Bertz CT molecular complexity index is 1180. The SMILES string of the molecule is CNS(=O)c1ccc(-c2cccc(CC(=O)C3(c4ccc5c(c4)OCCO5)CC3)c2)cc1. The van der Waals surface area contributed by atoms with Crippen LogP contribution in [0.25, 0.3) is 11.1 Å². The van der Waals surface area contributed by atoms with Gasteiger partial charge in [0.05, 0.1) is 10.3 Å². The third-order valence-corrected chi connectivity index (χ3v) is 7.33. The van der Waals surface area contributed by atoms with E-state index in [1.807, 2.05) is 60.7 Å². The predicted octanol–water partition coefficient (Wildman–Crippen LogP) is 4.21. The van der Waals surface area contributed by atoms with Crippen molar-refractivity contribution in [1.29, 1.82) is 0 Å². The number of hydrogen-bond donors (Lipinski definition) is 1. The summed E-state index contributed by atoms with van der Waals surface area (Å²) in [6.07, 6.45) is 2.13. The van der Waals surface area contributed by atoms with Gasteiger partial charge in [-0.15, -0.1) is 0 Å². The fourth-order valence-corrected chi connectivity index (χ4v) is 4.92. The zero-order chi connectivity index (χ0) is 22.1. The number of ketones is 1. The van der Waals surface area contributed by atoms with Crippen molar-refractivity contribution in [3.63, 3.8) is 0 Å². The van der Waals surface area contributed by atoms with Crippen LogP contribution in [-0.2, 0) is 27.6 Å². The zero-order valence-electron chi connectivity index (χ0n) is 17.9. The van der Waals surface area contributed by atoms with Crippen molar-refractivity contribution in [2.75, 3.05) is 20.3 Å². The Morgan fingerprint density at radius 2 is 1.69 bits per heavy atom. The Morgan fingerprint density at radius 1 is 0.938 bits per heavy atom. The number of ether oxygens (including phenoxy) is 2. The maximum atomic E-state index is 13.4. The molecule has 6 heteroatoms. The summed E-state index contributed by atoms with van der Waals surface area (Å²) in [5.41, 5.74) is 3.69. The molecule has 5 nitrogen and oxygen atoms in total. The predicted molar refractivity (Wildman–Crippen MR) is 124 cm³/mol. The van der Waals surface area contributed by atoms with E-state index in [1.54, 1.807) is 7.05 Å². The van der Waals surface area contributed by atoms with Gasteiger partial charge < -0.3 is 9.47 Å². The van der Waals surface area contributed by atoms with Gasteiger partial charge in [-0.25, -0.2) is 8.93 Å². The molecule has 2 aliphatic rings. The fourth-order valence-electron chi connectivity index (χ4n) is 4.30. The molecule has 1 aliphatic carbocycles. The Balaban J connectivity index is 1.34. The second kappa shape index (κ2) is 8.52. The van der Waals surface area contributed by atoms with Crippen LogP contribution in [-0.4, -0.2) is 30.3 Å². The first kappa shape index (κ1) is 20.9. The third kappa shape index (κ3) is 3.96. The Labute approximate surface area is 190 Å². The molecule has 1 fully saturated rings. The molecule has 0 bridgehead atoms. The highest BCUT2D eigenvalue weighted by Gasteiger charge is 2.50. The minimum Gasteiger partial charge on any atom is -0.486 e. The maximum absolute atomic E-state index is 13.4. The maximum Gasteiger partial charge on any atom is 0.161 e. The highest BCUT2D eigenvalue weighted by Crippen LogP contribution is 2.51. The number of fused-ring (bicyclic) bond motifs is 1. The second-order valence-corrected chi connectivity index (χ2v) is 9.66. The molecule has 32 heavy (non-hydrogen) atoms. The summed E-state index contributed by atoms with van der Waals surface area (Å²) < 4.78 is 26.0. The van der Waals surface area contributed by atoms with Crippen molar-refractivity contribution in [3.05, 3.63) is 77.9 Å². The first-order valence-corrected chi connectivity index (χ1v) is 12.0. The van der Waals surface area contributed by atoms with Gasteiger partial charge in [-0.3, -0.25) is 4.79 Å². The van der Waals surface area contributed by atoms with E-state index in [4.69, 9.17) is 9.47 Å². The molecule has 1 unspecified atom stereocenters. The number of rotatable bonds is 7. The molecule has 1 heterocycles. The average molecular weight is 448 g/mol. The van der Waals surface area contributed by atoms with Crippen LogP contribution in [0.5, 0.6) is 11.5 Å². The minimum atomic E-state index is -1.20. The van der Waals surface area contributed by atoms with E-state index >= 15 is 0 Å². The van der Waals surface area contributed by atoms with Crippen LogP contribution in [0.2, 0.25) is 0 Å². The summed E-state index contributed by atoms with van der Waals surface area (Å²) in [6.45, 7) is 1.10. The molecule has 5 rings (SSSR count). The number of Topliss-reactive ketones (excluding diaryl/α,β-unsaturated/α-hetero) is 1. The van der Waals surface area contributed by atoms with E-state index in [0.717, 1.165) is 51.5 Å². The Morgan fingerprint density at radius 3 is 2.41 bits per heavy atom. The second-order valence-electron chi connectivity index (χ2n) is 8.24. The third-order valence-electron chi connectivity index (χ3n) is 6.26. The standard InChI is InChI=1S/C26H25NO4S/c1-27-32(29)22-8-5-19(6-9-22)20-4-2-3-18(15-20)16-25(28)26(11-12-26)21-7-10-23-24(17-21)31-14-13-30-23/h2-10,15,17,27H,11-14,16H2,1H3. The van der Waals surface area contributed by atoms with Crippen molar-refractivity contribution in [1.82, 2.24) is 4.72 Å². The van der Waals surface area contributed by atoms with Gasteiger partial charge in [0, 0.05) is 6.42 Å². The number of nitrogens with one attached hydrogen (secondary N) is 1. The van der Waals surface area contributed by atoms with Crippen LogP contribution in [0.1, 0.15) is 24.0 Å². The summed E-state index contributed by atoms with van der Waals surface area (Å²) in [4.78, 5) is 14.1.